The summed E-state index contributed by atoms with van der Waals surface area (Å²) in [5.41, 5.74) is 8.84. The molecular formula is C28H40ClFN6O2. The van der Waals surface area contributed by atoms with E-state index in [0.29, 0.717) is 35.9 Å². The Bertz CT molecular complexity index is 1130. The first-order valence-electron chi connectivity index (χ1n) is 13.5. The van der Waals surface area contributed by atoms with E-state index in [1.807, 2.05) is 6.33 Å². The molecule has 5 rings (SSSR count). The summed E-state index contributed by atoms with van der Waals surface area (Å²) in [5.74, 6) is 7.54. The number of hydrazine groups is 1. The molecule has 3 aliphatic carbocycles. The molecule has 38 heavy (non-hydrogen) atoms. The molecule has 0 bridgehead atoms. The number of halogens is 2. The number of carbonyl (C=O) groups is 1. The number of nitrogens with two attached hydrogens (primary N) is 2. The van der Waals surface area contributed by atoms with Gasteiger partial charge in [-0.2, -0.15) is 0 Å². The number of rotatable bonds is 6. The van der Waals surface area contributed by atoms with E-state index < -0.39 is 11.4 Å². The number of nitrogens with one attached hydrogen (secondary N) is 1. The molecule has 0 spiro atoms. The summed E-state index contributed by atoms with van der Waals surface area (Å²) in [6.45, 7) is 2.15. The molecule has 3 saturated carbocycles. The van der Waals surface area contributed by atoms with E-state index in [2.05, 4.69) is 28.8 Å². The smallest absolute Gasteiger partial charge is 0.211 e. The molecule has 3 fully saturated rings. The lowest BCUT2D eigenvalue weighted by atomic mass is 9.88. The second kappa shape index (κ2) is 12.1. The molecule has 0 saturated heterocycles. The molecule has 6 N–H and O–H groups in total. The SMILES string of the molecule is Cc1c(C2CC3CC(O)(/C(=C/N)N(N)C4CCCCC4)CC3C2)ncn1C.O=CNc1ccc(F)c(Cl)c1. The number of imidazole rings is 1. The normalized spacial score (nSPS) is 27.4. The first kappa shape index (κ1) is 28.4. The number of fused-ring (bicyclic) bond motifs is 1. The summed E-state index contributed by atoms with van der Waals surface area (Å²) in [4.78, 5) is 14.6. The first-order chi connectivity index (χ1) is 18.2. The zero-order chi connectivity index (χ0) is 27.4. The summed E-state index contributed by atoms with van der Waals surface area (Å²) in [6.07, 6.45) is 13.6. The summed E-state index contributed by atoms with van der Waals surface area (Å²) in [6, 6.07) is 4.26. The van der Waals surface area contributed by atoms with Gasteiger partial charge in [0.1, 0.15) is 11.4 Å². The van der Waals surface area contributed by atoms with Crippen molar-refractivity contribution in [2.45, 2.75) is 82.3 Å². The van der Waals surface area contributed by atoms with Gasteiger partial charge in [-0.05, 0) is 75.5 Å². The molecule has 0 radical (unpaired) electrons. The van der Waals surface area contributed by atoms with Gasteiger partial charge in [-0.25, -0.2) is 15.2 Å². The highest BCUT2D eigenvalue weighted by Gasteiger charge is 2.52. The van der Waals surface area contributed by atoms with Crippen molar-refractivity contribution in [3.8, 4) is 0 Å². The number of amides is 1. The average Bonchev–Trinajstić information content (AvgIpc) is 3.54. The van der Waals surface area contributed by atoms with Crippen molar-refractivity contribution in [1.29, 1.82) is 0 Å². The number of nitrogens with zero attached hydrogens (tertiary/aromatic N) is 3. The molecule has 208 valence electrons. The van der Waals surface area contributed by atoms with Crippen LogP contribution in [0.2, 0.25) is 5.02 Å². The van der Waals surface area contributed by atoms with Gasteiger partial charge >= 0.3 is 0 Å². The molecular weight excluding hydrogens is 507 g/mol. The van der Waals surface area contributed by atoms with Gasteiger partial charge < -0.3 is 25.7 Å². The van der Waals surface area contributed by atoms with Crippen LogP contribution in [0.1, 0.15) is 75.1 Å². The Labute approximate surface area is 229 Å². The number of aryl methyl sites for hydroxylation is 1. The Hall–Kier alpha value is -2.62. The predicted molar refractivity (Wildman–Crippen MR) is 147 cm³/mol. The maximum absolute atomic E-state index is 12.5. The highest BCUT2D eigenvalue weighted by molar-refractivity contribution is 6.31. The van der Waals surface area contributed by atoms with Crippen LogP contribution in [0.3, 0.4) is 0 Å². The molecule has 1 aromatic heterocycles. The molecule has 2 aromatic rings. The third-order valence-electron chi connectivity index (χ3n) is 8.72. The number of hydrogen-bond donors (Lipinski definition) is 4. The maximum atomic E-state index is 12.5. The second-order valence-electron chi connectivity index (χ2n) is 11.1. The molecule has 3 aliphatic rings. The molecule has 0 aliphatic heterocycles. The van der Waals surface area contributed by atoms with E-state index in [1.165, 1.54) is 48.8 Å². The zero-order valence-electron chi connectivity index (χ0n) is 22.2. The van der Waals surface area contributed by atoms with Gasteiger partial charge in [0, 0.05) is 36.6 Å². The number of benzene rings is 1. The minimum Gasteiger partial charge on any atom is -0.403 e. The standard InChI is InChI=1S/C21H35N5O.C7H5ClFNO/c1-14-20(24-13-25(14)2)15-8-16-10-21(27,11-17(16)9-15)19(12-22)26(23)18-6-4-3-5-7-18;8-6-3-5(10-4-11)1-2-7(6)9/h12-13,15-18,27H,3-11,22-23H2,1-2H3;1-4H,(H,10,11)/b19-12-;. The minimum absolute atomic E-state index is 0.00292. The zero-order valence-corrected chi connectivity index (χ0v) is 23.0. The molecule has 1 amide bonds. The van der Waals surface area contributed by atoms with Crippen LogP contribution in [-0.4, -0.2) is 37.7 Å². The number of aromatic nitrogens is 2. The largest absolute Gasteiger partial charge is 0.403 e. The van der Waals surface area contributed by atoms with Crippen LogP contribution >= 0.6 is 11.6 Å². The van der Waals surface area contributed by atoms with Crippen molar-refractivity contribution in [2.75, 3.05) is 5.32 Å². The number of anilines is 1. The van der Waals surface area contributed by atoms with Gasteiger partial charge in [-0.1, -0.05) is 30.9 Å². The molecule has 8 nitrogen and oxygen atoms in total. The van der Waals surface area contributed by atoms with E-state index in [9.17, 15) is 14.3 Å². The van der Waals surface area contributed by atoms with Crippen LogP contribution in [0.15, 0.2) is 36.4 Å². The van der Waals surface area contributed by atoms with Crippen molar-refractivity contribution in [1.82, 2.24) is 14.6 Å². The van der Waals surface area contributed by atoms with Crippen molar-refractivity contribution < 1.29 is 14.3 Å². The number of hydrogen-bond acceptors (Lipinski definition) is 6. The lowest BCUT2D eigenvalue weighted by molar-refractivity contribution is -0.105. The lowest BCUT2D eigenvalue weighted by Crippen LogP contribution is -2.49. The van der Waals surface area contributed by atoms with Gasteiger partial charge in [0.05, 0.1) is 22.7 Å². The molecule has 10 heteroatoms. The van der Waals surface area contributed by atoms with E-state index in [0.717, 1.165) is 44.2 Å². The monoisotopic (exact) mass is 546 g/mol. The molecule has 1 heterocycles. The van der Waals surface area contributed by atoms with E-state index >= 15 is 0 Å². The third-order valence-corrected chi connectivity index (χ3v) is 9.01. The van der Waals surface area contributed by atoms with Crippen LogP contribution in [0.5, 0.6) is 0 Å². The van der Waals surface area contributed by atoms with E-state index in [4.69, 9.17) is 23.2 Å². The highest BCUT2D eigenvalue weighted by atomic mass is 35.5. The molecule has 2 atom stereocenters. The van der Waals surface area contributed by atoms with Crippen molar-refractivity contribution >= 4 is 23.7 Å². The number of carbonyl (C=O) groups excluding carboxylic acids is 1. The fraction of sp³-hybridized carbons (Fsp3) is 0.571. The Morgan fingerprint density at radius 3 is 2.45 bits per heavy atom. The van der Waals surface area contributed by atoms with Crippen LogP contribution in [0.4, 0.5) is 10.1 Å². The quantitative estimate of drug-likeness (QED) is 0.236. The van der Waals surface area contributed by atoms with Crippen LogP contribution in [0.25, 0.3) is 0 Å². The fourth-order valence-electron chi connectivity index (χ4n) is 6.70. The Balaban J connectivity index is 0.000000257. The average molecular weight is 547 g/mol. The fourth-order valence-corrected chi connectivity index (χ4v) is 6.88. The maximum Gasteiger partial charge on any atom is 0.211 e. The summed E-state index contributed by atoms with van der Waals surface area (Å²) in [5, 5.41) is 15.6. The van der Waals surface area contributed by atoms with Crippen molar-refractivity contribution in [3.05, 3.63) is 58.7 Å². The van der Waals surface area contributed by atoms with E-state index in [1.54, 1.807) is 11.2 Å². The first-order valence-corrected chi connectivity index (χ1v) is 13.9. The van der Waals surface area contributed by atoms with Gasteiger partial charge in [-0.15, -0.1) is 0 Å². The summed E-state index contributed by atoms with van der Waals surface area (Å²) < 4.78 is 14.6. The lowest BCUT2D eigenvalue weighted by Gasteiger charge is -2.39. The van der Waals surface area contributed by atoms with Crippen molar-refractivity contribution in [2.24, 2.45) is 30.5 Å². The molecule has 1 aromatic carbocycles. The Kier molecular flexibility index (Phi) is 9.00. The highest BCUT2D eigenvalue weighted by Crippen LogP contribution is 2.56. The minimum atomic E-state index is -0.875. The van der Waals surface area contributed by atoms with Crippen LogP contribution < -0.4 is 16.9 Å². The van der Waals surface area contributed by atoms with Crippen LogP contribution in [-0.2, 0) is 11.8 Å². The molecule has 2 unspecified atom stereocenters. The summed E-state index contributed by atoms with van der Waals surface area (Å²) >= 11 is 5.42. The number of aliphatic hydroxyl groups is 1. The van der Waals surface area contributed by atoms with Crippen molar-refractivity contribution in [3.63, 3.8) is 0 Å². The Morgan fingerprint density at radius 2 is 1.92 bits per heavy atom. The van der Waals surface area contributed by atoms with Crippen LogP contribution in [0, 0.1) is 24.6 Å². The predicted octanol–water partition coefficient (Wildman–Crippen LogP) is 4.72. The topological polar surface area (TPSA) is 122 Å². The second-order valence-corrected chi connectivity index (χ2v) is 11.5. The van der Waals surface area contributed by atoms with Gasteiger partial charge in [0.15, 0.2) is 0 Å². The van der Waals surface area contributed by atoms with Gasteiger partial charge in [-0.3, -0.25) is 4.79 Å². The van der Waals surface area contributed by atoms with Gasteiger partial charge in [0.2, 0.25) is 6.41 Å². The van der Waals surface area contributed by atoms with Gasteiger partial charge in [0.25, 0.3) is 0 Å². The third kappa shape index (κ3) is 6.00. The Morgan fingerprint density at radius 1 is 1.26 bits per heavy atom. The van der Waals surface area contributed by atoms with E-state index in [-0.39, 0.29) is 5.02 Å². The summed E-state index contributed by atoms with van der Waals surface area (Å²) in [7, 11) is 2.06.